The molecule has 2 nitrogen and oxygen atoms in total. The predicted molar refractivity (Wildman–Crippen MR) is 67.4 cm³/mol. The molecule has 2 aromatic rings. The average molecular weight is 231 g/mol. The fourth-order valence-electron chi connectivity index (χ4n) is 1.49. The molecule has 0 unspecified atom stereocenters. The molecule has 0 fully saturated rings. The van der Waals surface area contributed by atoms with E-state index in [2.05, 4.69) is 0 Å². The van der Waals surface area contributed by atoms with Crippen LogP contribution in [-0.2, 0) is 16.6 Å². The molecule has 82 valence electrons. The summed E-state index contributed by atoms with van der Waals surface area (Å²) in [5.41, 5.74) is 7.39. The lowest BCUT2D eigenvalue weighted by Gasteiger charge is -2.03. The average Bonchev–Trinajstić information content (AvgIpc) is 2.30. The fourth-order valence-corrected chi connectivity index (χ4v) is 2.60. The first kappa shape index (κ1) is 10.9. The van der Waals surface area contributed by atoms with Gasteiger partial charge in [-0.1, -0.05) is 30.3 Å². The minimum Gasteiger partial charge on any atom is -0.399 e. The van der Waals surface area contributed by atoms with Crippen molar-refractivity contribution < 1.29 is 4.21 Å². The third-order valence-electron chi connectivity index (χ3n) is 2.25. The number of hydrogen-bond acceptors (Lipinski definition) is 2. The second-order valence-corrected chi connectivity index (χ2v) is 5.00. The van der Waals surface area contributed by atoms with Crippen molar-refractivity contribution in [2.75, 3.05) is 5.73 Å². The van der Waals surface area contributed by atoms with Crippen LogP contribution in [-0.4, -0.2) is 4.21 Å². The quantitative estimate of drug-likeness (QED) is 0.825. The minimum absolute atomic E-state index is 0.509. The molecule has 0 radical (unpaired) electrons. The molecule has 0 aromatic heterocycles. The largest absolute Gasteiger partial charge is 0.399 e. The van der Waals surface area contributed by atoms with Gasteiger partial charge in [-0.2, -0.15) is 0 Å². The van der Waals surface area contributed by atoms with E-state index in [1.54, 1.807) is 0 Å². The lowest BCUT2D eigenvalue weighted by molar-refractivity contribution is 0.682. The molecule has 0 bridgehead atoms. The zero-order valence-electron chi connectivity index (χ0n) is 8.80. The highest BCUT2D eigenvalue weighted by atomic mass is 32.2. The van der Waals surface area contributed by atoms with Crippen molar-refractivity contribution >= 4 is 16.5 Å². The summed E-state index contributed by atoms with van der Waals surface area (Å²) in [7, 11) is -0.998. The van der Waals surface area contributed by atoms with Crippen LogP contribution in [0.25, 0.3) is 0 Å². The molecule has 0 aliphatic heterocycles. The van der Waals surface area contributed by atoms with Gasteiger partial charge in [-0.25, -0.2) is 0 Å². The first-order valence-corrected chi connectivity index (χ1v) is 6.35. The van der Waals surface area contributed by atoms with Crippen LogP contribution < -0.4 is 5.73 Å². The lowest BCUT2D eigenvalue weighted by atomic mass is 10.2. The van der Waals surface area contributed by atoms with Crippen LogP contribution in [0.1, 0.15) is 5.56 Å². The topological polar surface area (TPSA) is 43.1 Å². The van der Waals surface area contributed by atoms with Crippen LogP contribution in [0.15, 0.2) is 59.5 Å². The van der Waals surface area contributed by atoms with Crippen molar-refractivity contribution in [2.24, 2.45) is 0 Å². The molecule has 0 heterocycles. The Kier molecular flexibility index (Phi) is 3.37. The Balaban J connectivity index is 2.14. The third-order valence-corrected chi connectivity index (χ3v) is 3.65. The Labute approximate surface area is 97.6 Å². The minimum atomic E-state index is -0.998. The third kappa shape index (κ3) is 2.70. The Morgan fingerprint density at radius 3 is 2.44 bits per heavy atom. The van der Waals surface area contributed by atoms with Gasteiger partial charge in [0.2, 0.25) is 0 Å². The number of rotatable bonds is 3. The van der Waals surface area contributed by atoms with E-state index in [-0.39, 0.29) is 0 Å². The molecule has 2 rings (SSSR count). The van der Waals surface area contributed by atoms with E-state index >= 15 is 0 Å². The van der Waals surface area contributed by atoms with Crippen molar-refractivity contribution in [2.45, 2.75) is 10.6 Å². The van der Waals surface area contributed by atoms with Gasteiger partial charge in [0.25, 0.3) is 0 Å². The Morgan fingerprint density at radius 1 is 1.00 bits per heavy atom. The van der Waals surface area contributed by atoms with Gasteiger partial charge in [-0.3, -0.25) is 4.21 Å². The highest BCUT2D eigenvalue weighted by Gasteiger charge is 2.04. The first-order chi connectivity index (χ1) is 7.75. The number of anilines is 1. The maximum Gasteiger partial charge on any atom is 0.0574 e. The van der Waals surface area contributed by atoms with Gasteiger partial charge in [-0.05, 0) is 29.8 Å². The first-order valence-electron chi connectivity index (χ1n) is 5.03. The standard InChI is InChI=1S/C13H13NOS/c14-12-6-4-5-11(9-12)10-16(15)13-7-2-1-3-8-13/h1-9H,10,14H2/t16-/m1/s1. The maximum absolute atomic E-state index is 12.0. The van der Waals surface area contributed by atoms with E-state index in [4.69, 9.17) is 5.73 Å². The van der Waals surface area contributed by atoms with Gasteiger partial charge < -0.3 is 5.73 Å². The van der Waals surface area contributed by atoms with E-state index < -0.39 is 10.8 Å². The zero-order valence-corrected chi connectivity index (χ0v) is 9.61. The summed E-state index contributed by atoms with van der Waals surface area (Å²) in [5, 5.41) is 0. The van der Waals surface area contributed by atoms with Gasteiger partial charge in [0.1, 0.15) is 0 Å². The van der Waals surface area contributed by atoms with E-state index in [1.165, 1.54) is 0 Å². The van der Waals surface area contributed by atoms with Crippen LogP contribution in [0.3, 0.4) is 0 Å². The summed E-state index contributed by atoms with van der Waals surface area (Å²) in [6.07, 6.45) is 0. The Morgan fingerprint density at radius 2 is 1.75 bits per heavy atom. The molecule has 16 heavy (non-hydrogen) atoms. The van der Waals surface area contributed by atoms with Crippen molar-refractivity contribution in [3.63, 3.8) is 0 Å². The van der Waals surface area contributed by atoms with Crippen LogP contribution in [0, 0.1) is 0 Å². The van der Waals surface area contributed by atoms with Crippen molar-refractivity contribution in [1.29, 1.82) is 0 Å². The number of nitrogens with two attached hydrogens (primary N) is 1. The summed E-state index contributed by atoms with van der Waals surface area (Å²) >= 11 is 0. The van der Waals surface area contributed by atoms with Gasteiger partial charge in [0.15, 0.2) is 0 Å². The van der Waals surface area contributed by atoms with Crippen LogP contribution in [0.5, 0.6) is 0 Å². The molecule has 1 atom stereocenters. The normalized spacial score (nSPS) is 12.2. The highest BCUT2D eigenvalue weighted by molar-refractivity contribution is 7.84. The molecule has 0 saturated heterocycles. The molecule has 0 spiro atoms. The molecule has 0 saturated carbocycles. The highest BCUT2D eigenvalue weighted by Crippen LogP contribution is 2.13. The van der Waals surface area contributed by atoms with Crippen molar-refractivity contribution in [3.8, 4) is 0 Å². The van der Waals surface area contributed by atoms with Crippen LogP contribution in [0.2, 0.25) is 0 Å². The van der Waals surface area contributed by atoms with Gasteiger partial charge >= 0.3 is 0 Å². The molecule has 0 amide bonds. The summed E-state index contributed by atoms with van der Waals surface area (Å²) in [5.74, 6) is 0.509. The molecule has 0 aliphatic carbocycles. The predicted octanol–water partition coefficient (Wildman–Crippen LogP) is 2.58. The Hall–Kier alpha value is -1.61. The summed E-state index contributed by atoms with van der Waals surface area (Å²) < 4.78 is 12.0. The van der Waals surface area contributed by atoms with E-state index in [0.29, 0.717) is 11.4 Å². The van der Waals surface area contributed by atoms with E-state index in [0.717, 1.165) is 10.5 Å². The fraction of sp³-hybridized carbons (Fsp3) is 0.0769. The molecular weight excluding hydrogens is 218 g/mol. The van der Waals surface area contributed by atoms with E-state index in [1.807, 2.05) is 54.6 Å². The number of benzene rings is 2. The van der Waals surface area contributed by atoms with Gasteiger partial charge in [0.05, 0.1) is 16.6 Å². The van der Waals surface area contributed by atoms with Gasteiger partial charge in [-0.15, -0.1) is 0 Å². The molecule has 0 aliphatic rings. The van der Waals surface area contributed by atoms with E-state index in [9.17, 15) is 4.21 Å². The van der Waals surface area contributed by atoms with Crippen LogP contribution >= 0.6 is 0 Å². The summed E-state index contributed by atoms with van der Waals surface area (Å²) in [4.78, 5) is 0.852. The summed E-state index contributed by atoms with van der Waals surface area (Å²) in [6, 6.07) is 17.0. The molecule has 2 N–H and O–H groups in total. The van der Waals surface area contributed by atoms with Crippen LogP contribution in [0.4, 0.5) is 5.69 Å². The second kappa shape index (κ2) is 4.94. The van der Waals surface area contributed by atoms with Crippen molar-refractivity contribution in [3.05, 3.63) is 60.2 Å². The molecular formula is C13H13NOS. The monoisotopic (exact) mass is 231 g/mol. The van der Waals surface area contributed by atoms with Gasteiger partial charge in [0, 0.05) is 10.6 Å². The summed E-state index contributed by atoms with van der Waals surface area (Å²) in [6.45, 7) is 0. The lowest BCUT2D eigenvalue weighted by Crippen LogP contribution is -1.97. The Bertz CT molecular complexity index is 496. The smallest absolute Gasteiger partial charge is 0.0574 e. The SMILES string of the molecule is Nc1cccc(C[S@@](=O)c2ccccc2)c1. The number of nitrogen functional groups attached to an aromatic ring is 1. The molecule has 2 aromatic carbocycles. The zero-order chi connectivity index (χ0) is 11.4. The second-order valence-electron chi connectivity index (χ2n) is 3.55. The maximum atomic E-state index is 12.0. The number of hydrogen-bond donors (Lipinski definition) is 1. The molecule has 3 heteroatoms. The van der Waals surface area contributed by atoms with Crippen molar-refractivity contribution in [1.82, 2.24) is 0 Å².